The molecule has 3 nitrogen and oxygen atoms in total. The van der Waals surface area contributed by atoms with E-state index in [1.807, 2.05) is 18.2 Å². The van der Waals surface area contributed by atoms with Gasteiger partial charge in [0.15, 0.2) is 0 Å². The predicted octanol–water partition coefficient (Wildman–Crippen LogP) is 3.17. The third kappa shape index (κ3) is 2.76. The van der Waals surface area contributed by atoms with E-state index in [0.29, 0.717) is 24.7 Å². The van der Waals surface area contributed by atoms with E-state index in [9.17, 15) is 4.79 Å². The maximum atomic E-state index is 12.5. The number of fused-ring (bicyclic) bond motifs is 1. The molecular weight excluding hydrogens is 268 g/mol. The molecule has 1 aromatic heterocycles. The summed E-state index contributed by atoms with van der Waals surface area (Å²) in [6, 6.07) is 8.06. The number of carbonyl (C=O) groups is 1. The van der Waals surface area contributed by atoms with Crippen LogP contribution in [0.15, 0.2) is 24.3 Å². The van der Waals surface area contributed by atoms with Crippen LogP contribution in [0.2, 0.25) is 0 Å². The fraction of sp³-hybridized carbons (Fsp3) is 0.500. The molecule has 2 atom stereocenters. The maximum absolute atomic E-state index is 12.5. The SMILES string of the molecule is NCC1CCCCC1C(=O)Cc1nc2ccccc2s1. The molecule has 4 heteroatoms. The van der Waals surface area contributed by atoms with Crippen LogP contribution in [-0.4, -0.2) is 17.3 Å². The summed E-state index contributed by atoms with van der Waals surface area (Å²) in [5, 5.41) is 0.942. The highest BCUT2D eigenvalue weighted by molar-refractivity contribution is 7.18. The number of thiazole rings is 1. The van der Waals surface area contributed by atoms with Crippen molar-refractivity contribution in [2.24, 2.45) is 17.6 Å². The van der Waals surface area contributed by atoms with Crippen molar-refractivity contribution < 1.29 is 4.79 Å². The average molecular weight is 288 g/mol. The monoisotopic (exact) mass is 288 g/mol. The van der Waals surface area contributed by atoms with Crippen LogP contribution in [0.1, 0.15) is 30.7 Å². The first-order chi connectivity index (χ1) is 9.78. The van der Waals surface area contributed by atoms with Crippen molar-refractivity contribution in [3.05, 3.63) is 29.3 Å². The summed E-state index contributed by atoms with van der Waals surface area (Å²) in [5.41, 5.74) is 6.82. The van der Waals surface area contributed by atoms with Crippen LogP contribution in [0.4, 0.5) is 0 Å². The lowest BCUT2D eigenvalue weighted by Gasteiger charge is -2.29. The van der Waals surface area contributed by atoms with Crippen LogP contribution in [0.3, 0.4) is 0 Å². The molecule has 2 unspecified atom stereocenters. The van der Waals surface area contributed by atoms with Crippen molar-refractivity contribution in [1.82, 2.24) is 4.98 Å². The third-order valence-electron chi connectivity index (χ3n) is 4.29. The van der Waals surface area contributed by atoms with Gasteiger partial charge in [-0.2, -0.15) is 0 Å². The number of nitrogens with zero attached hydrogens (tertiary/aromatic N) is 1. The first-order valence-corrected chi connectivity index (χ1v) is 8.17. The molecule has 2 aromatic rings. The van der Waals surface area contributed by atoms with Gasteiger partial charge in [-0.05, 0) is 37.4 Å². The topological polar surface area (TPSA) is 56.0 Å². The number of hydrogen-bond acceptors (Lipinski definition) is 4. The molecule has 2 N–H and O–H groups in total. The van der Waals surface area contributed by atoms with E-state index in [1.165, 1.54) is 6.42 Å². The minimum atomic E-state index is 0.153. The highest BCUT2D eigenvalue weighted by Crippen LogP contribution is 2.31. The summed E-state index contributed by atoms with van der Waals surface area (Å²) in [6.07, 6.45) is 4.96. The molecule has 1 saturated carbocycles. The highest BCUT2D eigenvalue weighted by atomic mass is 32.1. The molecule has 0 saturated heterocycles. The Morgan fingerprint density at radius 1 is 1.30 bits per heavy atom. The Kier molecular flexibility index (Phi) is 4.13. The Morgan fingerprint density at radius 3 is 2.90 bits per heavy atom. The number of nitrogens with two attached hydrogens (primary N) is 1. The van der Waals surface area contributed by atoms with E-state index in [1.54, 1.807) is 11.3 Å². The molecule has 0 aliphatic heterocycles. The molecule has 1 aliphatic carbocycles. The first kappa shape index (κ1) is 13.7. The second kappa shape index (κ2) is 6.02. The fourth-order valence-corrected chi connectivity index (χ4v) is 4.17. The van der Waals surface area contributed by atoms with E-state index in [2.05, 4.69) is 11.1 Å². The van der Waals surface area contributed by atoms with Crippen molar-refractivity contribution in [2.75, 3.05) is 6.54 Å². The summed E-state index contributed by atoms with van der Waals surface area (Å²) in [5.74, 6) is 0.866. The number of aromatic nitrogens is 1. The van der Waals surface area contributed by atoms with Gasteiger partial charge in [-0.1, -0.05) is 25.0 Å². The Balaban J connectivity index is 1.74. The molecule has 0 spiro atoms. The van der Waals surface area contributed by atoms with E-state index >= 15 is 0 Å². The zero-order valence-corrected chi connectivity index (χ0v) is 12.4. The van der Waals surface area contributed by atoms with Crippen molar-refractivity contribution in [2.45, 2.75) is 32.1 Å². The van der Waals surface area contributed by atoms with Crippen LogP contribution in [-0.2, 0) is 11.2 Å². The number of carbonyl (C=O) groups excluding carboxylic acids is 1. The van der Waals surface area contributed by atoms with Crippen molar-refractivity contribution in [3.8, 4) is 0 Å². The van der Waals surface area contributed by atoms with E-state index in [4.69, 9.17) is 5.73 Å². The smallest absolute Gasteiger partial charge is 0.143 e. The van der Waals surface area contributed by atoms with Gasteiger partial charge >= 0.3 is 0 Å². The lowest BCUT2D eigenvalue weighted by atomic mass is 9.76. The third-order valence-corrected chi connectivity index (χ3v) is 5.33. The summed E-state index contributed by atoms with van der Waals surface area (Å²) in [4.78, 5) is 17.1. The molecule has 3 rings (SSSR count). The molecular formula is C16H20N2OS. The van der Waals surface area contributed by atoms with Crippen LogP contribution in [0.5, 0.6) is 0 Å². The number of hydrogen-bond donors (Lipinski definition) is 1. The second-order valence-corrected chi connectivity index (χ2v) is 6.72. The number of para-hydroxylation sites is 1. The summed E-state index contributed by atoms with van der Waals surface area (Å²) in [6.45, 7) is 0.635. The minimum Gasteiger partial charge on any atom is -0.330 e. The van der Waals surface area contributed by atoms with Gasteiger partial charge in [0.1, 0.15) is 10.8 Å². The van der Waals surface area contributed by atoms with Gasteiger partial charge in [-0.15, -0.1) is 11.3 Å². The number of rotatable bonds is 4. The standard InChI is InChI=1S/C16H20N2OS/c17-10-11-5-1-2-6-12(11)14(19)9-16-18-13-7-3-4-8-15(13)20-16/h3-4,7-8,11-12H,1-2,5-6,9-10,17H2. The summed E-state index contributed by atoms with van der Waals surface area (Å²) in [7, 11) is 0. The molecule has 1 aromatic carbocycles. The molecule has 1 fully saturated rings. The maximum Gasteiger partial charge on any atom is 0.143 e. The van der Waals surface area contributed by atoms with Crippen LogP contribution in [0.25, 0.3) is 10.2 Å². The van der Waals surface area contributed by atoms with Gasteiger partial charge in [0, 0.05) is 5.92 Å². The molecule has 1 heterocycles. The molecule has 0 bridgehead atoms. The highest BCUT2D eigenvalue weighted by Gasteiger charge is 2.30. The Hall–Kier alpha value is -1.26. The van der Waals surface area contributed by atoms with E-state index in [-0.39, 0.29) is 5.92 Å². The lowest BCUT2D eigenvalue weighted by Crippen LogP contribution is -2.33. The average Bonchev–Trinajstić information content (AvgIpc) is 2.89. The van der Waals surface area contributed by atoms with Crippen LogP contribution in [0, 0.1) is 11.8 Å². The van der Waals surface area contributed by atoms with E-state index < -0.39 is 0 Å². The molecule has 106 valence electrons. The number of ketones is 1. The van der Waals surface area contributed by atoms with Gasteiger partial charge in [-0.3, -0.25) is 4.79 Å². The van der Waals surface area contributed by atoms with Crippen molar-refractivity contribution in [1.29, 1.82) is 0 Å². The quantitative estimate of drug-likeness (QED) is 0.940. The summed E-state index contributed by atoms with van der Waals surface area (Å²) >= 11 is 1.64. The lowest BCUT2D eigenvalue weighted by molar-refractivity contribution is -0.124. The van der Waals surface area contributed by atoms with Gasteiger partial charge in [-0.25, -0.2) is 4.98 Å². The zero-order chi connectivity index (χ0) is 13.9. The second-order valence-electron chi connectivity index (χ2n) is 5.61. The van der Waals surface area contributed by atoms with Crippen molar-refractivity contribution in [3.63, 3.8) is 0 Å². The Labute approximate surface area is 123 Å². The van der Waals surface area contributed by atoms with Crippen LogP contribution >= 0.6 is 11.3 Å². The predicted molar refractivity (Wildman–Crippen MR) is 82.8 cm³/mol. The van der Waals surface area contributed by atoms with E-state index in [0.717, 1.165) is 34.5 Å². The molecule has 0 radical (unpaired) electrons. The van der Waals surface area contributed by atoms with Gasteiger partial charge in [0.05, 0.1) is 16.6 Å². The summed E-state index contributed by atoms with van der Waals surface area (Å²) < 4.78 is 1.16. The van der Waals surface area contributed by atoms with Gasteiger partial charge < -0.3 is 5.73 Å². The Bertz CT molecular complexity index is 574. The first-order valence-electron chi connectivity index (χ1n) is 7.35. The normalized spacial score (nSPS) is 23.1. The molecule has 20 heavy (non-hydrogen) atoms. The number of benzene rings is 1. The van der Waals surface area contributed by atoms with Crippen molar-refractivity contribution >= 4 is 27.3 Å². The fourth-order valence-electron chi connectivity index (χ4n) is 3.19. The van der Waals surface area contributed by atoms with Gasteiger partial charge in [0.25, 0.3) is 0 Å². The molecule has 1 aliphatic rings. The minimum absolute atomic E-state index is 0.153. The largest absolute Gasteiger partial charge is 0.330 e. The van der Waals surface area contributed by atoms with Crippen LogP contribution < -0.4 is 5.73 Å². The molecule has 0 amide bonds. The Morgan fingerprint density at radius 2 is 2.10 bits per heavy atom. The number of Topliss-reactive ketones (excluding diaryl/α,β-unsaturated/α-hetero) is 1. The van der Waals surface area contributed by atoms with Gasteiger partial charge in [0.2, 0.25) is 0 Å². The zero-order valence-electron chi connectivity index (χ0n) is 11.5.